The highest BCUT2D eigenvalue weighted by atomic mass is 16.5. The van der Waals surface area contributed by atoms with E-state index in [-0.39, 0.29) is 0 Å². The number of hydrogen-bond donors (Lipinski definition) is 1. The number of aromatic nitrogens is 2. The molecule has 5 nitrogen and oxygen atoms in total. The Bertz CT molecular complexity index is 401. The highest BCUT2D eigenvalue weighted by Crippen LogP contribution is 2.18. The van der Waals surface area contributed by atoms with Gasteiger partial charge in [-0.3, -0.25) is 4.98 Å². The van der Waals surface area contributed by atoms with Gasteiger partial charge in [0.2, 0.25) is 0 Å². The molecule has 0 amide bonds. The maximum atomic E-state index is 5.40. The summed E-state index contributed by atoms with van der Waals surface area (Å²) in [5, 5.41) is 3.39. The minimum atomic E-state index is 0.655. The molecular formula is C16H28N4O. The lowest BCUT2D eigenvalue weighted by Crippen LogP contribution is -2.30. The van der Waals surface area contributed by atoms with E-state index < -0.39 is 0 Å². The van der Waals surface area contributed by atoms with Gasteiger partial charge in [-0.1, -0.05) is 13.8 Å². The van der Waals surface area contributed by atoms with Crippen molar-refractivity contribution in [1.29, 1.82) is 0 Å². The van der Waals surface area contributed by atoms with Crippen molar-refractivity contribution in [3.63, 3.8) is 0 Å². The first-order valence-electron chi connectivity index (χ1n) is 7.95. The van der Waals surface area contributed by atoms with E-state index in [2.05, 4.69) is 41.1 Å². The van der Waals surface area contributed by atoms with E-state index in [1.807, 2.05) is 12.4 Å². The topological polar surface area (TPSA) is 50.3 Å². The molecule has 0 unspecified atom stereocenters. The third-order valence-electron chi connectivity index (χ3n) is 3.81. The molecule has 5 heteroatoms. The zero-order chi connectivity index (χ0) is 15.1. The van der Waals surface area contributed by atoms with Crippen molar-refractivity contribution >= 4 is 5.82 Å². The van der Waals surface area contributed by atoms with Gasteiger partial charge in [0.15, 0.2) is 0 Å². The van der Waals surface area contributed by atoms with Gasteiger partial charge in [-0.15, -0.1) is 0 Å². The van der Waals surface area contributed by atoms with Crippen LogP contribution in [0.15, 0.2) is 12.4 Å². The molecule has 0 saturated carbocycles. The third kappa shape index (κ3) is 5.59. The summed E-state index contributed by atoms with van der Waals surface area (Å²) in [4.78, 5) is 11.2. The van der Waals surface area contributed by atoms with E-state index in [4.69, 9.17) is 4.74 Å². The van der Waals surface area contributed by atoms with Crippen molar-refractivity contribution in [1.82, 2.24) is 15.3 Å². The second kappa shape index (κ2) is 8.29. The van der Waals surface area contributed by atoms with Crippen molar-refractivity contribution in [2.75, 3.05) is 38.3 Å². The van der Waals surface area contributed by atoms with Crippen molar-refractivity contribution in [3.8, 4) is 0 Å². The van der Waals surface area contributed by atoms with E-state index in [1.54, 1.807) is 0 Å². The zero-order valence-corrected chi connectivity index (χ0v) is 13.5. The van der Waals surface area contributed by atoms with E-state index >= 15 is 0 Å². The molecule has 1 saturated heterocycles. The monoisotopic (exact) mass is 292 g/mol. The fourth-order valence-corrected chi connectivity index (χ4v) is 2.54. The maximum absolute atomic E-state index is 5.40. The number of nitrogens with one attached hydrogen (secondary N) is 1. The summed E-state index contributed by atoms with van der Waals surface area (Å²) in [6.07, 6.45) is 6.05. The van der Waals surface area contributed by atoms with Gasteiger partial charge in [0.1, 0.15) is 5.82 Å². The summed E-state index contributed by atoms with van der Waals surface area (Å²) in [6.45, 7) is 9.01. The summed E-state index contributed by atoms with van der Waals surface area (Å²) < 4.78 is 5.40. The van der Waals surface area contributed by atoms with Crippen LogP contribution >= 0.6 is 0 Å². The van der Waals surface area contributed by atoms with Gasteiger partial charge in [-0.25, -0.2) is 4.98 Å². The smallest absolute Gasteiger partial charge is 0.146 e. The minimum Gasteiger partial charge on any atom is -0.381 e. The highest BCUT2D eigenvalue weighted by Gasteiger charge is 2.16. The molecule has 21 heavy (non-hydrogen) atoms. The first kappa shape index (κ1) is 16.2. The quantitative estimate of drug-likeness (QED) is 0.834. The molecular weight excluding hydrogens is 264 g/mol. The van der Waals surface area contributed by atoms with E-state index in [9.17, 15) is 0 Å². The summed E-state index contributed by atoms with van der Waals surface area (Å²) in [5.41, 5.74) is 0.999. The van der Waals surface area contributed by atoms with E-state index in [1.165, 1.54) is 0 Å². The van der Waals surface area contributed by atoms with Crippen molar-refractivity contribution in [3.05, 3.63) is 18.1 Å². The molecule has 0 aliphatic carbocycles. The Morgan fingerprint density at radius 3 is 2.67 bits per heavy atom. The standard InChI is InChI=1S/C16H28N4O/c1-13(2)8-17-9-15-10-19-16(11-18-15)20(3)12-14-4-6-21-7-5-14/h10-11,13-14,17H,4-9,12H2,1-3H3. The Balaban J connectivity index is 1.80. The number of anilines is 1. The average molecular weight is 292 g/mol. The van der Waals surface area contributed by atoms with Crippen molar-refractivity contribution in [2.24, 2.45) is 11.8 Å². The van der Waals surface area contributed by atoms with Gasteiger partial charge in [0, 0.05) is 33.4 Å². The molecule has 1 aliphatic rings. The van der Waals surface area contributed by atoms with Crippen LogP contribution < -0.4 is 10.2 Å². The second-order valence-corrected chi connectivity index (χ2v) is 6.33. The molecule has 0 atom stereocenters. The van der Waals surface area contributed by atoms with Gasteiger partial charge < -0.3 is 15.0 Å². The molecule has 2 rings (SSSR count). The Kier molecular flexibility index (Phi) is 6.39. The number of rotatable bonds is 7. The summed E-state index contributed by atoms with van der Waals surface area (Å²) in [5.74, 6) is 2.31. The predicted octanol–water partition coefficient (Wildman–Crippen LogP) is 2.08. The molecule has 1 aromatic heterocycles. The lowest BCUT2D eigenvalue weighted by atomic mass is 10.00. The van der Waals surface area contributed by atoms with Crippen LogP contribution in [0.1, 0.15) is 32.4 Å². The van der Waals surface area contributed by atoms with Gasteiger partial charge in [-0.2, -0.15) is 0 Å². The van der Waals surface area contributed by atoms with Gasteiger partial charge >= 0.3 is 0 Å². The van der Waals surface area contributed by atoms with Crippen LogP contribution in [0.2, 0.25) is 0 Å². The van der Waals surface area contributed by atoms with Gasteiger partial charge in [0.25, 0.3) is 0 Å². The maximum Gasteiger partial charge on any atom is 0.146 e. The molecule has 1 aromatic rings. The highest BCUT2D eigenvalue weighted by molar-refractivity contribution is 5.34. The molecule has 2 heterocycles. The van der Waals surface area contributed by atoms with E-state index in [0.717, 1.165) is 57.2 Å². The molecule has 0 aromatic carbocycles. The second-order valence-electron chi connectivity index (χ2n) is 6.33. The Labute approximate surface area is 128 Å². The lowest BCUT2D eigenvalue weighted by Gasteiger charge is -2.27. The molecule has 1 N–H and O–H groups in total. The van der Waals surface area contributed by atoms with Gasteiger partial charge in [0.05, 0.1) is 18.1 Å². The van der Waals surface area contributed by atoms with Crippen LogP contribution in [-0.2, 0) is 11.3 Å². The number of hydrogen-bond acceptors (Lipinski definition) is 5. The van der Waals surface area contributed by atoms with Gasteiger partial charge in [-0.05, 0) is 31.2 Å². The fourth-order valence-electron chi connectivity index (χ4n) is 2.54. The molecule has 1 fully saturated rings. The van der Waals surface area contributed by atoms with E-state index in [0.29, 0.717) is 11.8 Å². The molecule has 0 radical (unpaired) electrons. The largest absolute Gasteiger partial charge is 0.381 e. The Morgan fingerprint density at radius 1 is 1.29 bits per heavy atom. The average Bonchev–Trinajstić information content (AvgIpc) is 2.48. The summed E-state index contributed by atoms with van der Waals surface area (Å²) in [7, 11) is 2.09. The Morgan fingerprint density at radius 2 is 2.05 bits per heavy atom. The van der Waals surface area contributed by atoms with Crippen molar-refractivity contribution < 1.29 is 4.74 Å². The normalized spacial score (nSPS) is 16.4. The van der Waals surface area contributed by atoms with Crippen LogP contribution in [0.4, 0.5) is 5.82 Å². The SMILES string of the molecule is CC(C)CNCc1cnc(N(C)CC2CCOCC2)cn1. The molecule has 1 aliphatic heterocycles. The van der Waals surface area contributed by atoms with Crippen LogP contribution in [0.5, 0.6) is 0 Å². The first-order chi connectivity index (χ1) is 10.1. The van der Waals surface area contributed by atoms with Crippen LogP contribution in [0.25, 0.3) is 0 Å². The molecule has 0 bridgehead atoms. The lowest BCUT2D eigenvalue weighted by molar-refractivity contribution is 0.0685. The number of ether oxygens (including phenoxy) is 1. The number of nitrogens with zero attached hydrogens (tertiary/aromatic N) is 3. The third-order valence-corrected chi connectivity index (χ3v) is 3.81. The minimum absolute atomic E-state index is 0.655. The van der Waals surface area contributed by atoms with Crippen LogP contribution in [0.3, 0.4) is 0 Å². The predicted molar refractivity (Wildman–Crippen MR) is 85.4 cm³/mol. The van der Waals surface area contributed by atoms with Crippen LogP contribution in [0, 0.1) is 11.8 Å². The zero-order valence-electron chi connectivity index (χ0n) is 13.5. The van der Waals surface area contributed by atoms with Crippen molar-refractivity contribution in [2.45, 2.75) is 33.2 Å². The Hall–Kier alpha value is -1.20. The molecule has 118 valence electrons. The fraction of sp³-hybridized carbons (Fsp3) is 0.750. The molecule has 0 spiro atoms. The summed E-state index contributed by atoms with van der Waals surface area (Å²) in [6, 6.07) is 0. The first-order valence-corrected chi connectivity index (χ1v) is 7.95. The van der Waals surface area contributed by atoms with Crippen LogP contribution in [-0.4, -0.2) is 43.3 Å². The summed E-state index contributed by atoms with van der Waals surface area (Å²) >= 11 is 0.